The first-order valence-electron chi connectivity index (χ1n) is 12.8. The number of nitrogens with zero attached hydrogens (tertiary/aromatic N) is 2. The number of para-hydroxylation sites is 1. The maximum absolute atomic E-state index is 14.1. The number of hydrogen-bond acceptors (Lipinski definition) is 7. The van der Waals surface area contributed by atoms with E-state index in [0.29, 0.717) is 33.0 Å². The van der Waals surface area contributed by atoms with Crippen LogP contribution >= 0.6 is 23.1 Å². The number of ether oxygens (including phenoxy) is 2. The van der Waals surface area contributed by atoms with Crippen LogP contribution in [0.4, 0.5) is 0 Å². The van der Waals surface area contributed by atoms with Crippen molar-refractivity contribution < 1.29 is 14.3 Å². The minimum atomic E-state index is -0.712. The summed E-state index contributed by atoms with van der Waals surface area (Å²) < 4.78 is 13.4. The van der Waals surface area contributed by atoms with Crippen LogP contribution in [-0.2, 0) is 9.53 Å². The molecule has 8 heteroatoms. The fourth-order valence-corrected chi connectivity index (χ4v) is 5.96. The summed E-state index contributed by atoms with van der Waals surface area (Å²) in [5.74, 6) is 0.149. The van der Waals surface area contributed by atoms with E-state index in [9.17, 15) is 9.59 Å². The van der Waals surface area contributed by atoms with Gasteiger partial charge < -0.3 is 9.47 Å². The lowest BCUT2D eigenvalue weighted by molar-refractivity contribution is -0.138. The van der Waals surface area contributed by atoms with Crippen molar-refractivity contribution in [2.24, 2.45) is 4.99 Å². The summed E-state index contributed by atoms with van der Waals surface area (Å²) >= 11 is 2.91. The van der Waals surface area contributed by atoms with Gasteiger partial charge in [-0.25, -0.2) is 9.79 Å². The summed E-state index contributed by atoms with van der Waals surface area (Å²) in [5, 5.41) is 0. The zero-order chi connectivity index (χ0) is 28.1. The van der Waals surface area contributed by atoms with E-state index < -0.39 is 12.0 Å². The van der Waals surface area contributed by atoms with Crippen LogP contribution in [0, 0.1) is 0 Å². The molecule has 40 heavy (non-hydrogen) atoms. The minimum absolute atomic E-state index is 0.203. The molecule has 6 nitrogen and oxygen atoms in total. The number of carbonyl (C=O) groups excluding carboxylic acids is 1. The number of fused-ring (bicyclic) bond motifs is 1. The van der Waals surface area contributed by atoms with Gasteiger partial charge in [0.15, 0.2) is 4.80 Å². The number of benzene rings is 3. The van der Waals surface area contributed by atoms with Crippen LogP contribution in [0.15, 0.2) is 112 Å². The maximum Gasteiger partial charge on any atom is 0.338 e. The fraction of sp³-hybridized carbons (Fsp3) is 0.156. The van der Waals surface area contributed by atoms with Crippen molar-refractivity contribution in [1.29, 1.82) is 0 Å². The lowest BCUT2D eigenvalue weighted by Gasteiger charge is -2.26. The number of carbonyl (C=O) groups is 1. The van der Waals surface area contributed by atoms with Crippen molar-refractivity contribution >= 4 is 40.8 Å². The van der Waals surface area contributed by atoms with Gasteiger partial charge in [0, 0.05) is 16.0 Å². The first kappa shape index (κ1) is 27.4. The largest absolute Gasteiger partial charge is 0.489 e. The van der Waals surface area contributed by atoms with Gasteiger partial charge in [0.1, 0.15) is 12.4 Å². The van der Waals surface area contributed by atoms with Crippen LogP contribution in [0.1, 0.15) is 29.7 Å². The number of thiazole rings is 1. The normalized spacial score (nSPS) is 14.8. The molecule has 3 aromatic carbocycles. The lowest BCUT2D eigenvalue weighted by atomic mass is 9.93. The van der Waals surface area contributed by atoms with E-state index >= 15 is 0 Å². The van der Waals surface area contributed by atoms with Crippen LogP contribution in [0.2, 0.25) is 0 Å². The van der Waals surface area contributed by atoms with Crippen LogP contribution in [-0.4, -0.2) is 30.0 Å². The molecule has 0 N–H and O–H groups in total. The Morgan fingerprint density at radius 2 is 1.80 bits per heavy atom. The molecule has 1 aliphatic heterocycles. The highest BCUT2D eigenvalue weighted by Crippen LogP contribution is 2.35. The summed E-state index contributed by atoms with van der Waals surface area (Å²) in [6.07, 6.45) is 5.49. The third kappa shape index (κ3) is 5.46. The molecule has 0 aliphatic carbocycles. The molecule has 1 aliphatic rings. The van der Waals surface area contributed by atoms with Crippen LogP contribution in [0.5, 0.6) is 5.75 Å². The van der Waals surface area contributed by atoms with E-state index in [0.717, 1.165) is 21.6 Å². The summed E-state index contributed by atoms with van der Waals surface area (Å²) in [5.41, 5.74) is 2.93. The molecule has 0 saturated heterocycles. The molecule has 5 rings (SSSR count). The van der Waals surface area contributed by atoms with E-state index in [1.54, 1.807) is 29.3 Å². The Morgan fingerprint density at radius 3 is 2.50 bits per heavy atom. The number of hydrogen-bond donors (Lipinski definition) is 0. The SMILES string of the molecule is C=CCOc1ccccc1C=c1sc2n(c1=O)C(c1ccc(SC)cc1)C(C(=O)OCC)=C(c1ccccc1)N=2. The summed E-state index contributed by atoms with van der Waals surface area (Å²) in [4.78, 5) is 34.1. The zero-order valence-electron chi connectivity index (χ0n) is 22.2. The van der Waals surface area contributed by atoms with Crippen LogP contribution in [0.25, 0.3) is 11.8 Å². The van der Waals surface area contributed by atoms with Crippen LogP contribution in [0.3, 0.4) is 0 Å². The van der Waals surface area contributed by atoms with Crippen molar-refractivity contribution in [2.45, 2.75) is 17.9 Å². The average molecular weight is 569 g/mol. The Morgan fingerprint density at radius 1 is 1.07 bits per heavy atom. The molecule has 2 heterocycles. The van der Waals surface area contributed by atoms with E-state index in [1.165, 1.54) is 11.3 Å². The van der Waals surface area contributed by atoms with Gasteiger partial charge in [-0.3, -0.25) is 9.36 Å². The topological polar surface area (TPSA) is 69.9 Å². The quantitative estimate of drug-likeness (QED) is 0.157. The smallest absolute Gasteiger partial charge is 0.338 e. The second-order valence-electron chi connectivity index (χ2n) is 8.84. The van der Waals surface area contributed by atoms with Crippen molar-refractivity contribution in [2.75, 3.05) is 19.5 Å². The monoisotopic (exact) mass is 568 g/mol. The van der Waals surface area contributed by atoms with Crippen LogP contribution < -0.4 is 19.6 Å². The fourth-order valence-electron chi connectivity index (χ4n) is 4.56. The van der Waals surface area contributed by atoms with Gasteiger partial charge in [-0.1, -0.05) is 84.7 Å². The second-order valence-corrected chi connectivity index (χ2v) is 10.7. The molecule has 0 amide bonds. The average Bonchev–Trinajstić information content (AvgIpc) is 3.30. The number of thioether (sulfide) groups is 1. The van der Waals surface area contributed by atoms with Gasteiger partial charge in [0.05, 0.1) is 28.5 Å². The summed E-state index contributed by atoms with van der Waals surface area (Å²) in [7, 11) is 0. The zero-order valence-corrected chi connectivity index (χ0v) is 23.8. The Hall–Kier alpha value is -4.14. The predicted molar refractivity (Wildman–Crippen MR) is 161 cm³/mol. The van der Waals surface area contributed by atoms with Crippen molar-refractivity contribution in [3.63, 3.8) is 0 Å². The minimum Gasteiger partial charge on any atom is -0.489 e. The van der Waals surface area contributed by atoms with Crippen molar-refractivity contribution in [1.82, 2.24) is 4.57 Å². The van der Waals surface area contributed by atoms with Gasteiger partial charge in [-0.15, -0.1) is 11.8 Å². The molecule has 202 valence electrons. The highest BCUT2D eigenvalue weighted by molar-refractivity contribution is 7.98. The Kier molecular flexibility index (Phi) is 8.48. The first-order valence-corrected chi connectivity index (χ1v) is 14.8. The molecular weight excluding hydrogens is 540 g/mol. The van der Waals surface area contributed by atoms with Gasteiger partial charge in [-0.2, -0.15) is 0 Å². The summed E-state index contributed by atoms with van der Waals surface area (Å²) in [6.45, 7) is 6.04. The van der Waals surface area contributed by atoms with Crippen molar-refractivity contribution in [3.8, 4) is 5.75 Å². The van der Waals surface area contributed by atoms with E-state index in [1.807, 2.05) is 91.2 Å². The van der Waals surface area contributed by atoms with E-state index in [-0.39, 0.29) is 12.2 Å². The molecule has 4 aromatic rings. The molecular formula is C32H28N2O4S2. The number of esters is 1. The van der Waals surface area contributed by atoms with Gasteiger partial charge >= 0.3 is 5.97 Å². The third-order valence-corrected chi connectivity index (χ3v) is 8.09. The molecule has 0 saturated carbocycles. The molecule has 1 atom stereocenters. The number of rotatable bonds is 9. The third-order valence-electron chi connectivity index (χ3n) is 6.37. The van der Waals surface area contributed by atoms with E-state index in [4.69, 9.17) is 14.5 Å². The standard InChI is InChI=1S/C32H28N2O4S2/c1-4-19-38-25-14-10-9-13-23(25)20-26-30(35)34-29(22-15-17-24(39-3)18-16-22)27(31(36)37-5-2)28(33-32(34)40-26)21-11-7-6-8-12-21/h4,6-18,20,29H,1,5,19H2,2-3H3. The lowest BCUT2D eigenvalue weighted by Crippen LogP contribution is -2.40. The molecule has 1 unspecified atom stereocenters. The highest BCUT2D eigenvalue weighted by Gasteiger charge is 2.35. The molecule has 0 spiro atoms. The Balaban J connectivity index is 1.79. The van der Waals surface area contributed by atoms with E-state index in [2.05, 4.69) is 6.58 Å². The molecule has 0 bridgehead atoms. The highest BCUT2D eigenvalue weighted by atomic mass is 32.2. The van der Waals surface area contributed by atoms with Crippen molar-refractivity contribution in [3.05, 3.63) is 133 Å². The predicted octanol–water partition coefficient (Wildman–Crippen LogP) is 5.22. The molecule has 1 aromatic heterocycles. The van der Waals surface area contributed by atoms with Gasteiger partial charge in [0.25, 0.3) is 5.56 Å². The summed E-state index contributed by atoms with van der Waals surface area (Å²) in [6, 6.07) is 24.3. The molecule has 0 fully saturated rings. The second kappa shape index (κ2) is 12.4. The van der Waals surface area contributed by atoms with Gasteiger partial charge in [0.2, 0.25) is 0 Å². The number of aromatic nitrogens is 1. The molecule has 0 radical (unpaired) electrons. The maximum atomic E-state index is 14.1. The first-order chi connectivity index (χ1) is 19.5. The van der Waals surface area contributed by atoms with Gasteiger partial charge in [-0.05, 0) is 43.0 Å². The Bertz CT molecular complexity index is 1750. The Labute approximate surface area is 240 Å².